The first-order valence-electron chi connectivity index (χ1n) is 4.72. The monoisotopic (exact) mass is 227 g/mol. The van der Waals surface area contributed by atoms with E-state index >= 15 is 0 Å². The summed E-state index contributed by atoms with van der Waals surface area (Å²) in [5.41, 5.74) is 5.25. The molecule has 1 rings (SSSR count). The van der Waals surface area contributed by atoms with Gasteiger partial charge >= 0.3 is 0 Å². The van der Waals surface area contributed by atoms with Crippen molar-refractivity contribution in [1.29, 1.82) is 0 Å². The van der Waals surface area contributed by atoms with Crippen LogP contribution < -0.4 is 5.73 Å². The number of hydrogen-bond donors (Lipinski definition) is 3. The minimum absolute atomic E-state index is 0.163. The van der Waals surface area contributed by atoms with E-state index in [0.29, 0.717) is 0 Å². The van der Waals surface area contributed by atoms with Crippen LogP contribution in [-0.2, 0) is 0 Å². The van der Waals surface area contributed by atoms with E-state index in [1.807, 2.05) is 0 Å². The summed E-state index contributed by atoms with van der Waals surface area (Å²) in [6, 6.07) is 2.53. The van der Waals surface area contributed by atoms with Gasteiger partial charge in [0.2, 0.25) is 0 Å². The Hall–Kier alpha value is -1.57. The van der Waals surface area contributed by atoms with Gasteiger partial charge in [-0.25, -0.2) is 0 Å². The van der Waals surface area contributed by atoms with E-state index in [1.54, 1.807) is 0 Å². The molecular formula is C9H13N3O4. The highest BCUT2D eigenvalue weighted by molar-refractivity contribution is 5.27. The number of aliphatic hydroxyl groups is 2. The van der Waals surface area contributed by atoms with Crippen molar-refractivity contribution in [2.24, 2.45) is 5.73 Å². The van der Waals surface area contributed by atoms with E-state index in [4.69, 9.17) is 5.73 Å². The number of nitrogens with zero attached hydrogens (tertiary/aromatic N) is 2. The van der Waals surface area contributed by atoms with Crippen molar-refractivity contribution in [3.05, 3.63) is 34.1 Å². The van der Waals surface area contributed by atoms with Crippen LogP contribution in [-0.4, -0.2) is 32.8 Å². The van der Waals surface area contributed by atoms with Gasteiger partial charge in [-0.05, 0) is 19.0 Å². The molecule has 0 aromatic carbocycles. The predicted octanol–water partition coefficient (Wildman–Crippen LogP) is -0.267. The summed E-state index contributed by atoms with van der Waals surface area (Å²) in [6.45, 7) is 0.241. The molecule has 0 spiro atoms. The average molecular weight is 227 g/mol. The lowest BCUT2D eigenvalue weighted by Gasteiger charge is -2.15. The molecule has 16 heavy (non-hydrogen) atoms. The molecule has 0 radical (unpaired) electrons. The Morgan fingerprint density at radius 3 is 2.62 bits per heavy atom. The Morgan fingerprint density at radius 1 is 1.50 bits per heavy atom. The molecule has 0 saturated heterocycles. The van der Waals surface area contributed by atoms with Crippen molar-refractivity contribution < 1.29 is 15.1 Å². The number of nitrogens with two attached hydrogens (primary N) is 1. The van der Waals surface area contributed by atoms with Gasteiger partial charge in [-0.1, -0.05) is 0 Å². The molecule has 0 saturated carbocycles. The summed E-state index contributed by atoms with van der Waals surface area (Å²) in [4.78, 5) is 13.5. The first-order valence-corrected chi connectivity index (χ1v) is 4.72. The molecule has 0 aliphatic heterocycles. The third-order valence-electron chi connectivity index (χ3n) is 2.11. The SMILES string of the molecule is NCCC(O)C(O)c1ccc([N+](=O)[O-])cn1. The first-order chi connectivity index (χ1) is 7.56. The summed E-state index contributed by atoms with van der Waals surface area (Å²) in [5, 5.41) is 29.4. The zero-order valence-corrected chi connectivity index (χ0v) is 8.48. The fourth-order valence-corrected chi connectivity index (χ4v) is 1.21. The molecule has 2 atom stereocenters. The molecule has 4 N–H and O–H groups in total. The number of rotatable bonds is 5. The molecule has 0 aliphatic rings. The van der Waals surface area contributed by atoms with Crippen LogP contribution in [0.15, 0.2) is 18.3 Å². The predicted molar refractivity (Wildman–Crippen MR) is 55.5 cm³/mol. The van der Waals surface area contributed by atoms with Crippen molar-refractivity contribution in [2.75, 3.05) is 6.54 Å². The van der Waals surface area contributed by atoms with Crippen LogP contribution >= 0.6 is 0 Å². The first kappa shape index (κ1) is 12.5. The van der Waals surface area contributed by atoms with Crippen LogP contribution in [0.3, 0.4) is 0 Å². The highest BCUT2D eigenvalue weighted by atomic mass is 16.6. The molecule has 1 heterocycles. The van der Waals surface area contributed by atoms with Crippen molar-refractivity contribution in [2.45, 2.75) is 18.6 Å². The van der Waals surface area contributed by atoms with Gasteiger partial charge in [0.05, 0.1) is 16.7 Å². The highest BCUT2D eigenvalue weighted by Gasteiger charge is 2.19. The Kier molecular flexibility index (Phi) is 4.29. The van der Waals surface area contributed by atoms with Gasteiger partial charge in [-0.3, -0.25) is 15.1 Å². The minimum Gasteiger partial charge on any atom is -0.390 e. The fraction of sp³-hybridized carbons (Fsp3) is 0.444. The fourth-order valence-electron chi connectivity index (χ4n) is 1.21. The van der Waals surface area contributed by atoms with Gasteiger partial charge < -0.3 is 15.9 Å². The lowest BCUT2D eigenvalue weighted by atomic mass is 10.1. The van der Waals surface area contributed by atoms with Crippen LogP contribution in [0.5, 0.6) is 0 Å². The number of pyridine rings is 1. The molecule has 7 heteroatoms. The van der Waals surface area contributed by atoms with E-state index in [2.05, 4.69) is 4.98 Å². The standard InChI is InChI=1S/C9H13N3O4/c10-4-3-8(13)9(14)7-2-1-6(5-11-7)12(15)16/h1-2,5,8-9,13-14H,3-4,10H2. The van der Waals surface area contributed by atoms with Gasteiger partial charge in [-0.2, -0.15) is 0 Å². The van der Waals surface area contributed by atoms with Crippen LogP contribution in [0.1, 0.15) is 18.2 Å². The summed E-state index contributed by atoms with van der Waals surface area (Å²) in [7, 11) is 0. The Bertz CT molecular complexity index is 354. The largest absolute Gasteiger partial charge is 0.390 e. The summed E-state index contributed by atoms with van der Waals surface area (Å²) in [6.07, 6.45) is -0.920. The molecule has 0 amide bonds. The maximum absolute atomic E-state index is 10.4. The van der Waals surface area contributed by atoms with E-state index in [-0.39, 0.29) is 24.3 Å². The molecule has 7 nitrogen and oxygen atoms in total. The Balaban J connectivity index is 2.77. The maximum Gasteiger partial charge on any atom is 0.287 e. The zero-order chi connectivity index (χ0) is 12.1. The number of hydrogen-bond acceptors (Lipinski definition) is 6. The van der Waals surface area contributed by atoms with Gasteiger partial charge in [0.15, 0.2) is 0 Å². The van der Waals surface area contributed by atoms with Crippen LogP contribution in [0.25, 0.3) is 0 Å². The van der Waals surface area contributed by atoms with Crippen molar-refractivity contribution in [1.82, 2.24) is 4.98 Å². The molecule has 1 aromatic rings. The van der Waals surface area contributed by atoms with E-state index in [0.717, 1.165) is 6.20 Å². The molecule has 0 bridgehead atoms. The molecule has 0 aliphatic carbocycles. The quantitative estimate of drug-likeness (QED) is 0.470. The highest BCUT2D eigenvalue weighted by Crippen LogP contribution is 2.18. The second kappa shape index (κ2) is 5.50. The van der Waals surface area contributed by atoms with Crippen LogP contribution in [0.4, 0.5) is 5.69 Å². The van der Waals surface area contributed by atoms with E-state index < -0.39 is 17.1 Å². The average Bonchev–Trinajstić information content (AvgIpc) is 2.28. The third kappa shape index (κ3) is 2.96. The smallest absolute Gasteiger partial charge is 0.287 e. The lowest BCUT2D eigenvalue weighted by Crippen LogP contribution is -2.22. The van der Waals surface area contributed by atoms with Gasteiger partial charge in [0.1, 0.15) is 12.3 Å². The maximum atomic E-state index is 10.4. The van der Waals surface area contributed by atoms with E-state index in [1.165, 1.54) is 12.1 Å². The van der Waals surface area contributed by atoms with Crippen molar-refractivity contribution in [3.8, 4) is 0 Å². The summed E-state index contributed by atoms with van der Waals surface area (Å²) in [5.74, 6) is 0. The zero-order valence-electron chi connectivity index (χ0n) is 8.48. The normalized spacial score (nSPS) is 14.4. The number of aromatic nitrogens is 1. The minimum atomic E-state index is -1.18. The van der Waals surface area contributed by atoms with Crippen LogP contribution in [0, 0.1) is 10.1 Å². The second-order valence-electron chi connectivity index (χ2n) is 3.29. The number of nitro groups is 1. The molecule has 88 valence electrons. The van der Waals surface area contributed by atoms with Gasteiger partial charge in [0.25, 0.3) is 5.69 Å². The molecule has 0 fully saturated rings. The van der Waals surface area contributed by atoms with Crippen molar-refractivity contribution >= 4 is 5.69 Å². The molecule has 1 aromatic heterocycles. The molecule has 2 unspecified atom stereocenters. The number of aliphatic hydroxyl groups excluding tert-OH is 2. The summed E-state index contributed by atoms with van der Waals surface area (Å²) >= 11 is 0. The Labute approximate surface area is 91.7 Å². The second-order valence-corrected chi connectivity index (χ2v) is 3.29. The van der Waals surface area contributed by atoms with Crippen molar-refractivity contribution in [3.63, 3.8) is 0 Å². The Morgan fingerprint density at radius 2 is 2.19 bits per heavy atom. The van der Waals surface area contributed by atoms with E-state index in [9.17, 15) is 20.3 Å². The third-order valence-corrected chi connectivity index (χ3v) is 2.11. The molecular weight excluding hydrogens is 214 g/mol. The van der Waals surface area contributed by atoms with Gasteiger partial charge in [0, 0.05) is 6.07 Å². The van der Waals surface area contributed by atoms with Crippen LogP contribution in [0.2, 0.25) is 0 Å². The topological polar surface area (TPSA) is 123 Å². The van der Waals surface area contributed by atoms with Gasteiger partial charge in [-0.15, -0.1) is 0 Å². The summed E-state index contributed by atoms with van der Waals surface area (Å²) < 4.78 is 0. The lowest BCUT2D eigenvalue weighted by molar-refractivity contribution is -0.385.